The van der Waals surface area contributed by atoms with Gasteiger partial charge >= 0.3 is 0 Å². The van der Waals surface area contributed by atoms with Gasteiger partial charge in [-0.15, -0.1) is 0 Å². The first-order chi connectivity index (χ1) is 7.98. The molecule has 0 aromatic rings. The molecule has 5 heteroatoms. The van der Waals surface area contributed by atoms with Crippen LogP contribution in [0.4, 0.5) is 0 Å². The van der Waals surface area contributed by atoms with E-state index >= 15 is 0 Å². The summed E-state index contributed by atoms with van der Waals surface area (Å²) >= 11 is 1.71. The topological polar surface area (TPSA) is 44.7 Å². The van der Waals surface area contributed by atoms with Gasteiger partial charge in [0.25, 0.3) is 0 Å². The number of amidine groups is 1. The fourth-order valence-corrected chi connectivity index (χ4v) is 2.54. The zero-order valence-electron chi connectivity index (χ0n) is 11.2. The van der Waals surface area contributed by atoms with Crippen molar-refractivity contribution in [2.75, 3.05) is 31.9 Å². The molecule has 0 aromatic heterocycles. The van der Waals surface area contributed by atoms with Gasteiger partial charge in [-0.3, -0.25) is 9.79 Å². The number of hydrogen-bond acceptors (Lipinski definition) is 4. The molecule has 0 radical (unpaired) electrons. The summed E-state index contributed by atoms with van der Waals surface area (Å²) in [4.78, 5) is 18.1. The van der Waals surface area contributed by atoms with Gasteiger partial charge in [0, 0.05) is 25.4 Å². The lowest BCUT2D eigenvalue weighted by Crippen LogP contribution is -2.40. The number of rotatable bonds is 4. The van der Waals surface area contributed by atoms with Crippen molar-refractivity contribution in [3.63, 3.8) is 0 Å². The summed E-state index contributed by atoms with van der Waals surface area (Å²) in [5.74, 6) is 1.20. The van der Waals surface area contributed by atoms with Gasteiger partial charge in [-0.2, -0.15) is 0 Å². The predicted molar refractivity (Wildman–Crippen MR) is 74.5 cm³/mol. The Morgan fingerprint density at radius 1 is 1.47 bits per heavy atom. The largest absolute Gasteiger partial charge is 0.356 e. The van der Waals surface area contributed by atoms with Crippen molar-refractivity contribution in [2.45, 2.75) is 27.7 Å². The number of likely N-dealkylation sites (N-methyl/N-ethyl adjacent to an activating group) is 1. The van der Waals surface area contributed by atoms with Crippen molar-refractivity contribution in [1.29, 1.82) is 0 Å². The number of carbonyl (C=O) groups excluding carboxylic acids is 1. The van der Waals surface area contributed by atoms with E-state index < -0.39 is 0 Å². The Morgan fingerprint density at radius 2 is 2.12 bits per heavy atom. The summed E-state index contributed by atoms with van der Waals surface area (Å²) in [5, 5.41) is 4.04. The number of thioether (sulfide) groups is 1. The van der Waals surface area contributed by atoms with Gasteiger partial charge in [-0.25, -0.2) is 0 Å². The predicted octanol–water partition coefficient (Wildman–Crippen LogP) is 1.57. The number of hydrogen-bond donors (Lipinski definition) is 1. The van der Waals surface area contributed by atoms with Gasteiger partial charge in [0.2, 0.25) is 5.91 Å². The molecule has 4 nitrogen and oxygen atoms in total. The van der Waals surface area contributed by atoms with Crippen LogP contribution in [0.25, 0.3) is 0 Å². The first kappa shape index (κ1) is 14.4. The van der Waals surface area contributed by atoms with E-state index in [9.17, 15) is 4.79 Å². The maximum absolute atomic E-state index is 11.8. The second-order valence-electron chi connectivity index (χ2n) is 4.99. The highest BCUT2D eigenvalue weighted by atomic mass is 32.2. The molecule has 1 amide bonds. The highest BCUT2D eigenvalue weighted by Gasteiger charge is 2.23. The van der Waals surface area contributed by atoms with E-state index in [1.54, 1.807) is 11.8 Å². The number of amides is 1. The van der Waals surface area contributed by atoms with Crippen LogP contribution in [0.3, 0.4) is 0 Å². The Kier molecular flexibility index (Phi) is 5.31. The third-order valence-electron chi connectivity index (χ3n) is 2.76. The van der Waals surface area contributed by atoms with Crippen molar-refractivity contribution >= 4 is 22.8 Å². The van der Waals surface area contributed by atoms with Crippen LogP contribution in [0.2, 0.25) is 0 Å². The molecule has 0 aliphatic carbocycles. The third-order valence-corrected chi connectivity index (χ3v) is 4.23. The maximum atomic E-state index is 11.8. The molecule has 0 unspecified atom stereocenters. The summed E-state index contributed by atoms with van der Waals surface area (Å²) in [6.45, 7) is 11.1. The molecule has 0 atom stereocenters. The normalized spacial score (nSPS) is 18.5. The van der Waals surface area contributed by atoms with Crippen LogP contribution in [0.5, 0.6) is 0 Å². The van der Waals surface area contributed by atoms with Crippen LogP contribution in [0, 0.1) is 5.41 Å². The Morgan fingerprint density at radius 3 is 2.59 bits per heavy atom. The van der Waals surface area contributed by atoms with E-state index in [1.807, 2.05) is 18.7 Å². The molecular formula is C12H23N3OS. The van der Waals surface area contributed by atoms with Crippen molar-refractivity contribution in [1.82, 2.24) is 10.2 Å². The maximum Gasteiger partial charge on any atom is 0.241 e. The highest BCUT2D eigenvalue weighted by molar-refractivity contribution is 8.13. The molecule has 0 fully saturated rings. The molecule has 1 heterocycles. The van der Waals surface area contributed by atoms with Crippen LogP contribution < -0.4 is 5.32 Å². The van der Waals surface area contributed by atoms with Crippen LogP contribution in [0.15, 0.2) is 4.99 Å². The van der Waals surface area contributed by atoms with E-state index in [2.05, 4.69) is 24.2 Å². The Labute approximate surface area is 108 Å². The summed E-state index contributed by atoms with van der Waals surface area (Å²) in [7, 11) is 0. The summed E-state index contributed by atoms with van der Waals surface area (Å²) in [6, 6.07) is 0. The molecule has 0 aromatic carbocycles. The van der Waals surface area contributed by atoms with Crippen molar-refractivity contribution in [3.05, 3.63) is 0 Å². The van der Waals surface area contributed by atoms with Crippen LogP contribution in [-0.4, -0.2) is 47.9 Å². The van der Waals surface area contributed by atoms with Gasteiger partial charge in [0.05, 0.1) is 6.54 Å². The summed E-state index contributed by atoms with van der Waals surface area (Å²) < 4.78 is 0. The van der Waals surface area contributed by atoms with Gasteiger partial charge in [0.1, 0.15) is 0 Å². The monoisotopic (exact) mass is 257 g/mol. The molecule has 0 saturated carbocycles. The molecular weight excluding hydrogens is 234 g/mol. The van der Waals surface area contributed by atoms with E-state index in [1.165, 1.54) is 0 Å². The van der Waals surface area contributed by atoms with E-state index in [4.69, 9.17) is 0 Å². The Balaban J connectivity index is 2.37. The number of nitrogens with one attached hydrogen (secondary N) is 1. The zero-order chi connectivity index (χ0) is 12.9. The number of nitrogens with zero attached hydrogens (tertiary/aromatic N) is 2. The molecule has 0 saturated heterocycles. The summed E-state index contributed by atoms with van der Waals surface area (Å²) in [6.07, 6.45) is 0. The molecule has 1 aliphatic heterocycles. The van der Waals surface area contributed by atoms with Gasteiger partial charge in [-0.05, 0) is 19.3 Å². The lowest BCUT2D eigenvalue weighted by molar-refractivity contribution is -0.129. The average Bonchev–Trinajstić information content (AvgIpc) is 2.29. The number of carbonyl (C=O) groups is 1. The molecule has 0 bridgehead atoms. The van der Waals surface area contributed by atoms with E-state index in [-0.39, 0.29) is 11.3 Å². The fourth-order valence-electron chi connectivity index (χ4n) is 1.59. The first-order valence-electron chi connectivity index (χ1n) is 6.17. The lowest BCUT2D eigenvalue weighted by atomic mass is 9.97. The second kappa shape index (κ2) is 6.28. The van der Waals surface area contributed by atoms with Crippen molar-refractivity contribution in [3.8, 4) is 0 Å². The van der Waals surface area contributed by atoms with E-state index in [0.717, 1.165) is 30.6 Å². The van der Waals surface area contributed by atoms with Crippen LogP contribution in [0.1, 0.15) is 27.7 Å². The fraction of sp³-hybridized carbons (Fsp3) is 0.833. The van der Waals surface area contributed by atoms with Gasteiger partial charge in [-0.1, -0.05) is 25.6 Å². The average molecular weight is 257 g/mol. The second-order valence-corrected chi connectivity index (χ2v) is 5.96. The van der Waals surface area contributed by atoms with Crippen LogP contribution in [-0.2, 0) is 4.79 Å². The molecule has 17 heavy (non-hydrogen) atoms. The molecule has 0 spiro atoms. The standard InChI is InChI=1S/C12H23N3OS/c1-5-15(6-2)10(16)7-13-11-14-8-12(3,4)9-17-11/h5-9H2,1-4H3,(H,13,14). The lowest BCUT2D eigenvalue weighted by Gasteiger charge is -2.27. The Hall–Kier alpha value is -0.710. The third kappa shape index (κ3) is 4.58. The van der Waals surface area contributed by atoms with E-state index in [0.29, 0.717) is 6.54 Å². The number of aliphatic imine (C=N–C) groups is 1. The first-order valence-corrected chi connectivity index (χ1v) is 7.16. The van der Waals surface area contributed by atoms with Crippen molar-refractivity contribution in [2.24, 2.45) is 10.4 Å². The minimum atomic E-state index is 0.142. The smallest absolute Gasteiger partial charge is 0.241 e. The summed E-state index contributed by atoms with van der Waals surface area (Å²) in [5.41, 5.74) is 0.277. The highest BCUT2D eigenvalue weighted by Crippen LogP contribution is 2.26. The minimum absolute atomic E-state index is 0.142. The molecule has 1 N–H and O–H groups in total. The molecule has 1 rings (SSSR count). The quantitative estimate of drug-likeness (QED) is 0.831. The molecule has 1 aliphatic rings. The zero-order valence-corrected chi connectivity index (χ0v) is 12.1. The van der Waals surface area contributed by atoms with Crippen LogP contribution >= 0.6 is 11.8 Å². The SMILES string of the molecule is CCN(CC)C(=O)CNC1=NCC(C)(C)CS1. The van der Waals surface area contributed by atoms with Crippen molar-refractivity contribution < 1.29 is 4.79 Å². The van der Waals surface area contributed by atoms with Gasteiger partial charge in [0.15, 0.2) is 5.17 Å². The Bertz CT molecular complexity index is 298. The molecule has 98 valence electrons. The minimum Gasteiger partial charge on any atom is -0.356 e. The van der Waals surface area contributed by atoms with Gasteiger partial charge < -0.3 is 10.2 Å².